The lowest BCUT2D eigenvalue weighted by Crippen LogP contribution is -1.93. The van der Waals surface area contributed by atoms with Gasteiger partial charge in [0, 0.05) is 17.3 Å². The van der Waals surface area contributed by atoms with Gasteiger partial charge in [-0.1, -0.05) is 60.1 Å². The number of hydrogen-bond donors (Lipinski definition) is 2. The molecule has 4 N–H and O–H groups in total. The van der Waals surface area contributed by atoms with Crippen LogP contribution >= 0.6 is 11.6 Å². The molecule has 0 atom stereocenters. The number of nitrogens with two attached hydrogens (primary N) is 2. The van der Waals surface area contributed by atoms with E-state index in [4.69, 9.17) is 27.5 Å². The zero-order chi connectivity index (χ0) is 20.1. The maximum atomic E-state index is 13.6. The van der Waals surface area contributed by atoms with Gasteiger partial charge >= 0.3 is 0 Å². The predicted octanol–water partition coefficient (Wildman–Crippen LogP) is 6.27. The minimum Gasteiger partial charge on any atom is -0.436 e. The molecule has 2 aromatic heterocycles. The number of rotatable bonds is 2. The lowest BCUT2D eigenvalue weighted by molar-refractivity contribution is 0.628. The Hall–Kier alpha value is -3.57. The molecular weight excluding hydrogens is 389 g/mol. The number of halogens is 2. The molecule has 0 aliphatic rings. The molecular formula is C23H15ClFN3O. The molecule has 0 saturated heterocycles. The fraction of sp³-hybridized carbons (Fsp3) is 0. The fourth-order valence-corrected chi connectivity index (χ4v) is 3.83. The molecule has 4 nitrogen and oxygen atoms in total. The summed E-state index contributed by atoms with van der Waals surface area (Å²) in [5.74, 6) is -0.379. The second-order valence-corrected chi connectivity index (χ2v) is 7.17. The van der Waals surface area contributed by atoms with E-state index in [1.807, 2.05) is 42.5 Å². The van der Waals surface area contributed by atoms with Crippen molar-refractivity contribution >= 4 is 44.9 Å². The van der Waals surface area contributed by atoms with E-state index in [9.17, 15) is 4.39 Å². The second-order valence-electron chi connectivity index (χ2n) is 6.76. The Bertz CT molecular complexity index is 1410. The van der Waals surface area contributed by atoms with Gasteiger partial charge in [-0.05, 0) is 28.5 Å². The van der Waals surface area contributed by atoms with Crippen molar-refractivity contribution in [2.45, 2.75) is 0 Å². The van der Waals surface area contributed by atoms with Crippen molar-refractivity contribution in [2.24, 2.45) is 0 Å². The summed E-state index contributed by atoms with van der Waals surface area (Å²) >= 11 is 5.98. The highest BCUT2D eigenvalue weighted by molar-refractivity contribution is 6.31. The van der Waals surface area contributed by atoms with E-state index in [2.05, 4.69) is 4.98 Å². The minimum absolute atomic E-state index is 0.0174. The van der Waals surface area contributed by atoms with Gasteiger partial charge in [-0.2, -0.15) is 0 Å². The highest BCUT2D eigenvalue weighted by Gasteiger charge is 2.21. The maximum absolute atomic E-state index is 13.6. The fourth-order valence-electron chi connectivity index (χ4n) is 3.65. The van der Waals surface area contributed by atoms with Gasteiger partial charge in [0.2, 0.25) is 5.88 Å². The van der Waals surface area contributed by atoms with Crippen LogP contribution in [0, 0.1) is 5.82 Å². The molecule has 0 saturated carbocycles. The molecule has 0 unspecified atom stereocenters. The first kappa shape index (κ1) is 17.5. The lowest BCUT2D eigenvalue weighted by Gasteiger charge is -2.10. The second kappa shape index (κ2) is 6.50. The van der Waals surface area contributed by atoms with Crippen molar-refractivity contribution < 1.29 is 8.81 Å². The molecule has 0 radical (unpaired) electrons. The molecule has 29 heavy (non-hydrogen) atoms. The van der Waals surface area contributed by atoms with Crippen molar-refractivity contribution in [1.82, 2.24) is 4.98 Å². The Morgan fingerprint density at radius 3 is 2.55 bits per heavy atom. The van der Waals surface area contributed by atoms with Crippen LogP contribution in [0.3, 0.4) is 0 Å². The molecule has 6 heteroatoms. The first-order valence-electron chi connectivity index (χ1n) is 8.94. The zero-order valence-electron chi connectivity index (χ0n) is 15.1. The van der Waals surface area contributed by atoms with Crippen molar-refractivity contribution in [3.63, 3.8) is 0 Å². The van der Waals surface area contributed by atoms with Crippen LogP contribution < -0.4 is 11.5 Å². The summed E-state index contributed by atoms with van der Waals surface area (Å²) in [4.78, 5) is 4.67. The molecule has 0 amide bonds. The Morgan fingerprint density at radius 1 is 0.931 bits per heavy atom. The quantitative estimate of drug-likeness (QED) is 0.364. The topological polar surface area (TPSA) is 78.1 Å². The van der Waals surface area contributed by atoms with Gasteiger partial charge in [0.1, 0.15) is 17.2 Å². The molecule has 142 valence electrons. The number of hydrogen-bond acceptors (Lipinski definition) is 4. The average molecular weight is 404 g/mol. The van der Waals surface area contributed by atoms with Crippen molar-refractivity contribution in [3.05, 3.63) is 77.7 Å². The summed E-state index contributed by atoms with van der Waals surface area (Å²) in [7, 11) is 0. The Labute approximate surface area is 170 Å². The van der Waals surface area contributed by atoms with Gasteiger partial charge in [0.15, 0.2) is 5.58 Å². The normalized spacial score (nSPS) is 11.4. The monoisotopic (exact) mass is 403 g/mol. The lowest BCUT2D eigenvalue weighted by atomic mass is 9.98. The molecule has 0 fully saturated rings. The summed E-state index contributed by atoms with van der Waals surface area (Å²) in [6, 6.07) is 18.5. The van der Waals surface area contributed by atoms with Crippen LogP contribution in [0.15, 0.2) is 71.3 Å². The number of anilines is 2. The van der Waals surface area contributed by atoms with Gasteiger partial charge in [0.25, 0.3) is 0 Å². The molecule has 0 aliphatic carbocycles. The van der Waals surface area contributed by atoms with Gasteiger partial charge in [0.05, 0.1) is 10.4 Å². The molecule has 5 rings (SSSR count). The summed E-state index contributed by atoms with van der Waals surface area (Å²) < 4.78 is 19.5. The SMILES string of the molecule is Nc1oc2c(-c3cccc4ccccc34)ncc(-c3ccc(F)c(Cl)c3)c2c1N. The van der Waals surface area contributed by atoms with Crippen LogP contribution in [0.1, 0.15) is 0 Å². The Morgan fingerprint density at radius 2 is 1.72 bits per heavy atom. The van der Waals surface area contributed by atoms with Crippen LogP contribution in [-0.4, -0.2) is 4.98 Å². The van der Waals surface area contributed by atoms with Gasteiger partial charge in [-0.25, -0.2) is 4.39 Å². The van der Waals surface area contributed by atoms with Gasteiger partial charge in [-0.3, -0.25) is 4.98 Å². The minimum atomic E-state index is -0.494. The number of pyridine rings is 1. The highest BCUT2D eigenvalue weighted by Crippen LogP contribution is 2.43. The van der Waals surface area contributed by atoms with Crippen LogP contribution in [0.4, 0.5) is 16.0 Å². The summed E-state index contributed by atoms with van der Waals surface area (Å²) in [6.07, 6.45) is 1.69. The van der Waals surface area contributed by atoms with Crippen LogP contribution in [0.25, 0.3) is 44.1 Å². The third kappa shape index (κ3) is 2.70. The number of furan rings is 1. The predicted molar refractivity (Wildman–Crippen MR) is 116 cm³/mol. The first-order chi connectivity index (χ1) is 14.0. The number of nitrogen functional groups attached to an aromatic ring is 2. The Kier molecular flexibility index (Phi) is 3.93. The van der Waals surface area contributed by atoms with Crippen LogP contribution in [-0.2, 0) is 0 Å². The number of fused-ring (bicyclic) bond motifs is 2. The molecule has 0 spiro atoms. The number of benzene rings is 3. The van der Waals surface area contributed by atoms with Crippen molar-refractivity contribution in [1.29, 1.82) is 0 Å². The van der Waals surface area contributed by atoms with Crippen molar-refractivity contribution in [2.75, 3.05) is 11.5 Å². The molecule has 0 bridgehead atoms. The molecule has 2 heterocycles. The van der Waals surface area contributed by atoms with E-state index in [0.29, 0.717) is 33.5 Å². The van der Waals surface area contributed by atoms with Crippen LogP contribution in [0.2, 0.25) is 5.02 Å². The highest BCUT2D eigenvalue weighted by atomic mass is 35.5. The van der Waals surface area contributed by atoms with Gasteiger partial charge < -0.3 is 15.9 Å². The van der Waals surface area contributed by atoms with Gasteiger partial charge in [-0.15, -0.1) is 0 Å². The van der Waals surface area contributed by atoms with E-state index in [-0.39, 0.29) is 10.9 Å². The Balaban J connectivity index is 1.84. The summed E-state index contributed by atoms with van der Waals surface area (Å²) in [6.45, 7) is 0. The standard InChI is InChI=1S/C23H15ClFN3O/c24-17-10-13(8-9-18(17)25)16-11-28-21(22-19(16)20(26)23(27)29-22)15-7-3-5-12-4-1-2-6-14(12)15/h1-11H,26-27H2. The molecule has 3 aromatic carbocycles. The summed E-state index contributed by atoms with van der Waals surface area (Å²) in [5.41, 5.74) is 15.9. The maximum Gasteiger partial charge on any atom is 0.215 e. The van der Waals surface area contributed by atoms with E-state index < -0.39 is 5.82 Å². The smallest absolute Gasteiger partial charge is 0.215 e. The third-order valence-corrected chi connectivity index (χ3v) is 5.35. The third-order valence-electron chi connectivity index (χ3n) is 5.06. The van der Waals surface area contributed by atoms with Crippen molar-refractivity contribution in [3.8, 4) is 22.4 Å². The molecule has 5 aromatic rings. The first-order valence-corrected chi connectivity index (χ1v) is 9.32. The van der Waals surface area contributed by atoms with E-state index >= 15 is 0 Å². The average Bonchev–Trinajstić information content (AvgIpc) is 3.04. The van der Waals surface area contributed by atoms with E-state index in [1.54, 1.807) is 12.3 Å². The van der Waals surface area contributed by atoms with E-state index in [1.165, 1.54) is 12.1 Å². The number of aromatic nitrogens is 1. The zero-order valence-corrected chi connectivity index (χ0v) is 15.9. The van der Waals surface area contributed by atoms with E-state index in [0.717, 1.165) is 16.3 Å². The van der Waals surface area contributed by atoms with Crippen LogP contribution in [0.5, 0.6) is 0 Å². The summed E-state index contributed by atoms with van der Waals surface area (Å²) in [5, 5.41) is 2.77. The largest absolute Gasteiger partial charge is 0.436 e. The molecule has 0 aliphatic heterocycles. The number of nitrogens with zero attached hydrogens (tertiary/aromatic N) is 1.